The van der Waals surface area contributed by atoms with Gasteiger partial charge in [-0.3, -0.25) is 9.59 Å². The Kier molecular flexibility index (Phi) is 13.6. The highest BCUT2D eigenvalue weighted by Gasteiger charge is 2.22. The second-order valence-electron chi connectivity index (χ2n) is 4.94. The predicted octanol–water partition coefficient (Wildman–Crippen LogP) is 3.31. The van der Waals surface area contributed by atoms with Crippen molar-refractivity contribution in [1.82, 2.24) is 5.32 Å². The van der Waals surface area contributed by atoms with E-state index in [1.165, 1.54) is 5.56 Å². The molecule has 0 aromatic heterocycles. The molecule has 1 aromatic rings. The molecule has 0 aliphatic carbocycles. The van der Waals surface area contributed by atoms with Crippen molar-refractivity contribution in [3.63, 3.8) is 0 Å². The molecule has 0 unspecified atom stereocenters. The largest absolute Gasteiger partial charge is 0.480 e. The van der Waals surface area contributed by atoms with E-state index in [2.05, 4.69) is 36.7 Å². The van der Waals surface area contributed by atoms with Crippen LogP contribution in [0, 0.1) is 0 Å². The third-order valence-electron chi connectivity index (χ3n) is 2.91. The first-order valence-corrected chi connectivity index (χ1v) is 9.49. The number of carboxylic acids is 1. The Morgan fingerprint density at radius 3 is 2.40 bits per heavy atom. The van der Waals surface area contributed by atoms with Gasteiger partial charge in [-0.05, 0) is 17.7 Å². The lowest BCUT2D eigenvalue weighted by Gasteiger charge is -2.13. The van der Waals surface area contributed by atoms with E-state index in [9.17, 15) is 14.4 Å². The molecule has 1 rings (SSSR count). The van der Waals surface area contributed by atoms with Crippen LogP contribution in [0.1, 0.15) is 31.7 Å². The molecule has 0 spiro atoms. The third-order valence-corrected chi connectivity index (χ3v) is 4.05. The van der Waals surface area contributed by atoms with Crippen molar-refractivity contribution < 1.29 is 19.5 Å². The molecule has 0 saturated carbocycles. The Labute approximate surface area is 158 Å². The second kappa shape index (κ2) is 14.6. The summed E-state index contributed by atoms with van der Waals surface area (Å²) < 4.78 is 0. The fraction of sp³-hybridized carbons (Fsp3) is 0.389. The summed E-state index contributed by atoms with van der Waals surface area (Å²) in [6.45, 7) is 5.27. The summed E-state index contributed by atoms with van der Waals surface area (Å²) in [7, 11) is 0. The van der Waals surface area contributed by atoms with Gasteiger partial charge in [0.25, 0.3) is 0 Å². The summed E-state index contributed by atoms with van der Waals surface area (Å²) in [5, 5.41) is 11.0. The van der Waals surface area contributed by atoms with Crippen molar-refractivity contribution in [3.8, 4) is 0 Å². The number of aliphatic carboxylic acids is 1. The van der Waals surface area contributed by atoms with Gasteiger partial charge in [0.15, 0.2) is 5.12 Å². The SMILES string of the molecule is C=CCCC(=O)N[C@@H](CC(=O)SCC)C(=O)O.SCc1ccccc1. The fourth-order valence-corrected chi connectivity index (χ4v) is 2.49. The molecule has 1 aromatic carbocycles. The van der Waals surface area contributed by atoms with Gasteiger partial charge in [-0.1, -0.05) is 55.1 Å². The maximum absolute atomic E-state index is 11.3. The lowest BCUT2D eigenvalue weighted by atomic mass is 10.2. The van der Waals surface area contributed by atoms with Crippen LogP contribution < -0.4 is 5.32 Å². The summed E-state index contributed by atoms with van der Waals surface area (Å²) in [6.07, 6.45) is 2.05. The van der Waals surface area contributed by atoms with Gasteiger partial charge in [-0.15, -0.1) is 6.58 Å². The van der Waals surface area contributed by atoms with Crippen molar-refractivity contribution in [2.24, 2.45) is 0 Å². The van der Waals surface area contributed by atoms with Crippen molar-refractivity contribution >= 4 is 41.4 Å². The number of nitrogens with one attached hydrogen (secondary N) is 1. The molecule has 1 amide bonds. The van der Waals surface area contributed by atoms with Crippen LogP contribution in [0.5, 0.6) is 0 Å². The Morgan fingerprint density at radius 2 is 1.96 bits per heavy atom. The maximum Gasteiger partial charge on any atom is 0.326 e. The van der Waals surface area contributed by atoms with Gasteiger partial charge < -0.3 is 10.4 Å². The molecule has 0 radical (unpaired) electrons. The van der Waals surface area contributed by atoms with Crippen LogP contribution in [0.3, 0.4) is 0 Å². The normalized spacial score (nSPS) is 10.8. The van der Waals surface area contributed by atoms with Gasteiger partial charge in [0.05, 0.1) is 0 Å². The Morgan fingerprint density at radius 1 is 1.32 bits per heavy atom. The molecule has 1 atom stereocenters. The van der Waals surface area contributed by atoms with Gasteiger partial charge in [-0.25, -0.2) is 4.79 Å². The zero-order chi connectivity index (χ0) is 19.1. The van der Waals surface area contributed by atoms with Crippen LogP contribution in [0.2, 0.25) is 0 Å². The minimum Gasteiger partial charge on any atom is -0.480 e. The summed E-state index contributed by atoms with van der Waals surface area (Å²) in [5.74, 6) is -0.148. The predicted molar refractivity (Wildman–Crippen MR) is 106 cm³/mol. The van der Waals surface area contributed by atoms with E-state index in [1.54, 1.807) is 13.0 Å². The van der Waals surface area contributed by atoms with Gasteiger partial charge in [0.1, 0.15) is 6.04 Å². The van der Waals surface area contributed by atoms with E-state index in [4.69, 9.17) is 5.11 Å². The lowest BCUT2D eigenvalue weighted by molar-refractivity contribution is -0.142. The minimum atomic E-state index is -1.19. The Bertz CT molecular complexity index is 549. The van der Waals surface area contributed by atoms with Crippen molar-refractivity contribution in [2.75, 3.05) is 5.75 Å². The number of carbonyl (C=O) groups is 3. The molecule has 0 aliphatic rings. The van der Waals surface area contributed by atoms with Crippen LogP contribution in [0.25, 0.3) is 0 Å². The average molecular weight is 384 g/mol. The molecule has 7 heteroatoms. The van der Waals surface area contributed by atoms with E-state index in [1.807, 2.05) is 18.2 Å². The van der Waals surface area contributed by atoms with E-state index >= 15 is 0 Å². The summed E-state index contributed by atoms with van der Waals surface area (Å²) >= 11 is 5.16. The van der Waals surface area contributed by atoms with Crippen molar-refractivity contribution in [2.45, 2.75) is 38.0 Å². The number of rotatable bonds is 9. The number of carbonyl (C=O) groups excluding carboxylic acids is 2. The first-order chi connectivity index (χ1) is 11.9. The number of amides is 1. The molecule has 0 aliphatic heterocycles. The van der Waals surface area contributed by atoms with Crippen LogP contribution in [-0.2, 0) is 20.1 Å². The van der Waals surface area contributed by atoms with Crippen molar-refractivity contribution in [3.05, 3.63) is 48.6 Å². The monoisotopic (exact) mass is 383 g/mol. The highest BCUT2D eigenvalue weighted by atomic mass is 32.2. The molecular weight excluding hydrogens is 358 g/mol. The van der Waals surface area contributed by atoms with Crippen molar-refractivity contribution in [1.29, 1.82) is 0 Å². The topological polar surface area (TPSA) is 83.5 Å². The van der Waals surface area contributed by atoms with E-state index in [0.29, 0.717) is 12.2 Å². The summed E-state index contributed by atoms with van der Waals surface area (Å²) in [5.41, 5.74) is 1.27. The highest BCUT2D eigenvalue weighted by molar-refractivity contribution is 8.13. The first kappa shape index (κ1) is 23.3. The number of hydrogen-bond donors (Lipinski definition) is 3. The zero-order valence-corrected chi connectivity index (χ0v) is 16.0. The number of hydrogen-bond acceptors (Lipinski definition) is 5. The van der Waals surface area contributed by atoms with Crippen LogP contribution in [0.15, 0.2) is 43.0 Å². The third kappa shape index (κ3) is 12.3. The number of thiol groups is 1. The second-order valence-corrected chi connectivity index (χ2v) is 6.58. The minimum absolute atomic E-state index is 0.183. The zero-order valence-electron chi connectivity index (χ0n) is 14.3. The van der Waals surface area contributed by atoms with E-state index < -0.39 is 12.0 Å². The number of allylic oxidation sites excluding steroid dienone is 1. The molecular formula is C18H25NO4S2. The van der Waals surface area contributed by atoms with Crippen LogP contribution in [-0.4, -0.2) is 33.9 Å². The molecule has 138 valence electrons. The first-order valence-electron chi connectivity index (χ1n) is 7.88. The van der Waals surface area contributed by atoms with Crippen LogP contribution >= 0.6 is 24.4 Å². The van der Waals surface area contributed by atoms with Crippen LogP contribution in [0.4, 0.5) is 0 Å². The molecule has 0 bridgehead atoms. The summed E-state index contributed by atoms with van der Waals surface area (Å²) in [6, 6.07) is 9.03. The lowest BCUT2D eigenvalue weighted by Crippen LogP contribution is -2.41. The molecule has 2 N–H and O–H groups in total. The summed E-state index contributed by atoms with van der Waals surface area (Å²) in [4.78, 5) is 33.5. The average Bonchev–Trinajstić information content (AvgIpc) is 2.60. The number of thioether (sulfide) groups is 1. The Hall–Kier alpha value is -1.73. The van der Waals surface area contributed by atoms with Gasteiger partial charge in [0.2, 0.25) is 5.91 Å². The fourth-order valence-electron chi connectivity index (χ4n) is 1.67. The number of carboxylic acid groups (broad SMARTS) is 1. The molecule has 25 heavy (non-hydrogen) atoms. The molecule has 0 heterocycles. The van der Waals surface area contributed by atoms with Gasteiger partial charge in [-0.2, -0.15) is 12.6 Å². The molecule has 0 fully saturated rings. The van der Waals surface area contributed by atoms with Gasteiger partial charge >= 0.3 is 5.97 Å². The standard InChI is InChI=1S/C11H17NO4S.C7H8S/c1-3-5-6-9(13)12-8(11(15)16)7-10(14)17-4-2;8-6-7-4-2-1-3-5-7/h3,8H,1,4-7H2,2H3,(H,12,13)(H,15,16);1-5,8H,6H2/t8-;/m0./s1. The maximum atomic E-state index is 11.3. The Balaban J connectivity index is 0.000000593. The van der Waals surface area contributed by atoms with E-state index in [0.717, 1.165) is 17.5 Å². The van der Waals surface area contributed by atoms with Gasteiger partial charge in [0, 0.05) is 18.6 Å². The quantitative estimate of drug-likeness (QED) is 0.450. The highest BCUT2D eigenvalue weighted by Crippen LogP contribution is 2.07. The smallest absolute Gasteiger partial charge is 0.326 e. The van der Waals surface area contributed by atoms with E-state index in [-0.39, 0.29) is 23.9 Å². The molecule has 0 saturated heterocycles. The number of benzene rings is 1. The molecule has 5 nitrogen and oxygen atoms in total.